The Bertz CT molecular complexity index is 212. The molecule has 0 spiro atoms. The molecule has 24 heavy (non-hydrogen) atoms. The summed E-state index contributed by atoms with van der Waals surface area (Å²) in [4.78, 5) is 36.0. The first kappa shape index (κ1) is 70.6. The molecule has 0 radical (unpaired) electrons. The maximum absolute atomic E-state index is 9.00. The van der Waals surface area contributed by atoms with Crippen LogP contribution >= 0.6 is 0 Å². The molecule has 0 aliphatic heterocycles. The van der Waals surface area contributed by atoms with E-state index in [4.69, 9.17) is 39.6 Å². The Hall–Kier alpha value is 4.09. The third-order valence-corrected chi connectivity index (χ3v) is 0. The van der Waals surface area contributed by atoms with Crippen molar-refractivity contribution in [1.29, 1.82) is 0 Å². The molecule has 0 aromatic heterocycles. The van der Waals surface area contributed by atoms with Crippen LogP contribution in [0.2, 0.25) is 0 Å². The SMILES string of the molecule is C=C.CC(=O)O.CC(=O)O.CC(=O)O.CC(=O)O.N.N.[H-].[H-].[H-].[H-].[K+].[K+].[K+].[K+]. The smallest absolute Gasteiger partial charge is 1.00 e. The topological polar surface area (TPSA) is 219 Å². The Morgan fingerprint density at radius 2 is 0.542 bits per heavy atom. The summed E-state index contributed by atoms with van der Waals surface area (Å²) in [7, 11) is 0. The van der Waals surface area contributed by atoms with Gasteiger partial charge in [-0.2, -0.15) is 0 Å². The Labute approximate surface area is 319 Å². The van der Waals surface area contributed by atoms with Crippen LogP contribution in [0.25, 0.3) is 0 Å². The molecule has 0 bridgehead atoms. The summed E-state index contributed by atoms with van der Waals surface area (Å²) in [6.45, 7) is 10.3. The fourth-order valence-corrected chi connectivity index (χ4v) is 0. The van der Waals surface area contributed by atoms with Gasteiger partial charge in [0, 0.05) is 27.7 Å². The molecule has 10 N–H and O–H groups in total. The van der Waals surface area contributed by atoms with Crippen LogP contribution in [-0.2, 0) is 19.2 Å². The Balaban J connectivity index is -0.00000000538. The van der Waals surface area contributed by atoms with Crippen molar-refractivity contribution in [2.24, 2.45) is 0 Å². The molecular weight excluding hydrogens is 433 g/mol. The van der Waals surface area contributed by atoms with Crippen molar-refractivity contribution >= 4 is 23.9 Å². The van der Waals surface area contributed by atoms with E-state index in [1.54, 1.807) is 0 Å². The largest absolute Gasteiger partial charge is 1.00 e. The zero-order valence-electron chi connectivity index (χ0n) is 20.3. The summed E-state index contributed by atoms with van der Waals surface area (Å²) < 4.78 is 0. The molecule has 0 aliphatic rings. The zero-order chi connectivity index (χ0) is 16.3. The van der Waals surface area contributed by atoms with Gasteiger partial charge < -0.3 is 38.4 Å². The summed E-state index contributed by atoms with van der Waals surface area (Å²) in [5, 5.41) is 29.7. The predicted octanol–water partition coefficient (Wildman–Crippen LogP) is -10.0. The third-order valence-electron chi connectivity index (χ3n) is 0. The summed E-state index contributed by atoms with van der Waals surface area (Å²) in [6, 6.07) is 0. The van der Waals surface area contributed by atoms with Crippen LogP contribution in [0.1, 0.15) is 33.4 Å². The molecule has 0 aliphatic carbocycles. The van der Waals surface area contributed by atoms with Gasteiger partial charge in [-0.05, 0) is 0 Å². The van der Waals surface area contributed by atoms with E-state index in [-0.39, 0.29) is 224 Å². The van der Waals surface area contributed by atoms with Crippen molar-refractivity contribution in [3.8, 4) is 0 Å². The second-order valence-corrected chi connectivity index (χ2v) is 2.08. The molecule has 0 aromatic rings. The Morgan fingerprint density at radius 1 is 0.542 bits per heavy atom. The molecule has 0 saturated carbocycles. The molecule has 132 valence electrons. The fourth-order valence-electron chi connectivity index (χ4n) is 0. The second kappa shape index (κ2) is 71.2. The van der Waals surface area contributed by atoms with Gasteiger partial charge in [0.15, 0.2) is 0 Å². The van der Waals surface area contributed by atoms with E-state index < -0.39 is 23.9 Å². The standard InChI is InChI=1S/4C2H4O2.C2H4.4K.2H3N.4H/c4*1-2(3)4;1-2;;;;;;;;;;/h4*1H3,(H,3,4);1-2H2;;;;;2*1H3;;;;/q;;;;;4*+1;;;4*-1. The van der Waals surface area contributed by atoms with Crippen molar-refractivity contribution in [3.05, 3.63) is 13.2 Å². The molecule has 0 rings (SSSR count). The van der Waals surface area contributed by atoms with Gasteiger partial charge in [0.2, 0.25) is 0 Å². The van der Waals surface area contributed by atoms with Gasteiger partial charge in [-0.15, -0.1) is 13.2 Å². The summed E-state index contributed by atoms with van der Waals surface area (Å²) in [5.74, 6) is -3.33. The zero-order valence-corrected chi connectivity index (χ0v) is 28.7. The van der Waals surface area contributed by atoms with E-state index >= 15 is 0 Å². The minimum absolute atomic E-state index is 0. The molecule has 10 nitrogen and oxygen atoms in total. The van der Waals surface area contributed by atoms with E-state index in [0.29, 0.717) is 0 Å². The number of rotatable bonds is 0. The van der Waals surface area contributed by atoms with Gasteiger partial charge in [0.25, 0.3) is 23.9 Å². The monoisotopic (exact) mass is 462 g/mol. The normalized spacial score (nSPS) is 4.33. The fraction of sp³-hybridized carbons (Fsp3) is 0.400. The number of hydrogen-bond acceptors (Lipinski definition) is 6. The quantitative estimate of drug-likeness (QED) is 0.147. The van der Waals surface area contributed by atoms with Crippen molar-refractivity contribution in [2.45, 2.75) is 27.7 Å². The van der Waals surface area contributed by atoms with Crippen molar-refractivity contribution in [3.63, 3.8) is 0 Å². The van der Waals surface area contributed by atoms with Crippen LogP contribution < -0.4 is 218 Å². The number of carboxylic acid groups (broad SMARTS) is 4. The maximum Gasteiger partial charge on any atom is 1.00 e. The average molecular weight is 463 g/mol. The summed E-state index contributed by atoms with van der Waals surface area (Å²) in [5.41, 5.74) is 0. The van der Waals surface area contributed by atoms with Crippen LogP contribution in [0.4, 0.5) is 0 Å². The van der Waals surface area contributed by atoms with Crippen LogP contribution in [0, 0.1) is 0 Å². The van der Waals surface area contributed by atoms with Crippen LogP contribution in [-0.4, -0.2) is 44.3 Å². The first-order valence-electron chi connectivity index (χ1n) is 4.21. The van der Waals surface area contributed by atoms with E-state index in [0.717, 1.165) is 27.7 Å². The number of carboxylic acids is 4. The average Bonchev–Trinajstić information content (AvgIpc) is 2.01. The number of hydrogen-bond donors (Lipinski definition) is 6. The molecule has 0 saturated heterocycles. The minimum atomic E-state index is -0.833. The predicted molar refractivity (Wildman–Crippen MR) is 79.0 cm³/mol. The Morgan fingerprint density at radius 3 is 0.542 bits per heavy atom. The van der Waals surface area contributed by atoms with E-state index in [9.17, 15) is 0 Å². The molecular formula is C10H30K4N2O8. The van der Waals surface area contributed by atoms with Crippen LogP contribution in [0.15, 0.2) is 13.2 Å². The van der Waals surface area contributed by atoms with Gasteiger partial charge in [-0.1, -0.05) is 0 Å². The first-order valence-corrected chi connectivity index (χ1v) is 4.21. The minimum Gasteiger partial charge on any atom is -1.00 e. The summed E-state index contributed by atoms with van der Waals surface area (Å²) >= 11 is 0. The van der Waals surface area contributed by atoms with Crippen molar-refractivity contribution < 1.29 is 251 Å². The molecule has 0 atom stereocenters. The molecule has 0 fully saturated rings. The number of carbonyl (C=O) groups is 4. The van der Waals surface area contributed by atoms with Gasteiger partial charge in [-0.3, -0.25) is 19.2 Å². The van der Waals surface area contributed by atoms with E-state index in [1.165, 1.54) is 0 Å². The molecule has 0 heterocycles. The van der Waals surface area contributed by atoms with Crippen LogP contribution in [0.3, 0.4) is 0 Å². The van der Waals surface area contributed by atoms with Crippen LogP contribution in [0.5, 0.6) is 0 Å². The van der Waals surface area contributed by atoms with Gasteiger partial charge in [0.1, 0.15) is 0 Å². The van der Waals surface area contributed by atoms with Crippen molar-refractivity contribution in [2.75, 3.05) is 0 Å². The van der Waals surface area contributed by atoms with E-state index in [1.807, 2.05) is 0 Å². The Kier molecular flexibility index (Phi) is 209. The third kappa shape index (κ3) is 983. The molecule has 0 aromatic carbocycles. The first-order chi connectivity index (χ1) is 7.93. The van der Waals surface area contributed by atoms with Gasteiger partial charge in [0.05, 0.1) is 0 Å². The van der Waals surface area contributed by atoms with E-state index in [2.05, 4.69) is 13.2 Å². The van der Waals surface area contributed by atoms with Crippen molar-refractivity contribution in [1.82, 2.24) is 12.3 Å². The number of aliphatic carboxylic acids is 4. The van der Waals surface area contributed by atoms with Gasteiger partial charge >= 0.3 is 206 Å². The maximum atomic E-state index is 9.00. The van der Waals surface area contributed by atoms with Gasteiger partial charge in [-0.25, -0.2) is 0 Å². The second-order valence-electron chi connectivity index (χ2n) is 2.08. The molecule has 14 heteroatoms. The molecule has 0 unspecified atom stereocenters. The molecule has 0 amide bonds. The summed E-state index contributed by atoms with van der Waals surface area (Å²) in [6.07, 6.45) is 0.